The summed E-state index contributed by atoms with van der Waals surface area (Å²) in [6.07, 6.45) is 1.49. The number of hydrogen-bond acceptors (Lipinski definition) is 2. The van der Waals surface area contributed by atoms with Gasteiger partial charge >= 0.3 is 0 Å². The average Bonchev–Trinajstić information content (AvgIpc) is 2.71. The molecule has 2 nitrogen and oxygen atoms in total. The molecular formula is C7H6FNO. The number of hydrogen-bond donors (Lipinski definition) is 0. The van der Waals surface area contributed by atoms with Gasteiger partial charge in [-0.15, -0.1) is 0 Å². The molecule has 2 heterocycles. The quantitative estimate of drug-likeness (QED) is 0.548. The molecule has 0 bridgehead atoms. The van der Waals surface area contributed by atoms with E-state index in [1.54, 1.807) is 12.3 Å². The van der Waals surface area contributed by atoms with Gasteiger partial charge < -0.3 is 4.74 Å². The summed E-state index contributed by atoms with van der Waals surface area (Å²) in [6, 6.07) is 2.96. The van der Waals surface area contributed by atoms with Crippen molar-refractivity contribution in [2.45, 2.75) is 6.10 Å². The van der Waals surface area contributed by atoms with Gasteiger partial charge in [0.2, 0.25) is 0 Å². The standard InChI is InChI=1S/C7H6FNO/c8-5-2-1-3-9-7(5)6-4-10-6/h1-3,6H,4H2/t6-/m1/s1. The van der Waals surface area contributed by atoms with Crippen LogP contribution in [0.4, 0.5) is 4.39 Å². The molecule has 1 aliphatic rings. The fourth-order valence-corrected chi connectivity index (χ4v) is 0.841. The second kappa shape index (κ2) is 2.02. The molecule has 0 saturated carbocycles. The maximum Gasteiger partial charge on any atom is 0.147 e. The van der Waals surface area contributed by atoms with Crippen molar-refractivity contribution in [3.63, 3.8) is 0 Å². The molecule has 3 heteroatoms. The minimum Gasteiger partial charge on any atom is -0.366 e. The van der Waals surface area contributed by atoms with E-state index in [1.807, 2.05) is 0 Å². The first-order valence-electron chi connectivity index (χ1n) is 3.10. The van der Waals surface area contributed by atoms with Gasteiger partial charge in [0.25, 0.3) is 0 Å². The molecule has 0 aliphatic carbocycles. The number of epoxide rings is 1. The molecule has 10 heavy (non-hydrogen) atoms. The minimum atomic E-state index is -0.273. The van der Waals surface area contributed by atoms with E-state index in [-0.39, 0.29) is 11.9 Å². The molecule has 0 radical (unpaired) electrons. The monoisotopic (exact) mass is 139 g/mol. The highest BCUT2D eigenvalue weighted by molar-refractivity contribution is 5.12. The van der Waals surface area contributed by atoms with Gasteiger partial charge in [0.15, 0.2) is 0 Å². The average molecular weight is 139 g/mol. The maximum absolute atomic E-state index is 12.7. The predicted octanol–water partition coefficient (Wildman–Crippen LogP) is 1.29. The molecule has 0 aromatic carbocycles. The van der Waals surface area contributed by atoms with Crippen molar-refractivity contribution < 1.29 is 9.13 Å². The van der Waals surface area contributed by atoms with Crippen molar-refractivity contribution >= 4 is 0 Å². The van der Waals surface area contributed by atoms with Gasteiger partial charge in [0.05, 0.1) is 6.61 Å². The Morgan fingerprint density at radius 3 is 3.10 bits per heavy atom. The highest BCUT2D eigenvalue weighted by atomic mass is 19.1. The van der Waals surface area contributed by atoms with Crippen LogP contribution in [0.5, 0.6) is 0 Å². The zero-order valence-corrected chi connectivity index (χ0v) is 5.25. The minimum absolute atomic E-state index is 0.0822. The molecule has 0 N–H and O–H groups in total. The van der Waals surface area contributed by atoms with E-state index in [4.69, 9.17) is 4.74 Å². The Morgan fingerprint density at radius 1 is 1.70 bits per heavy atom. The summed E-state index contributed by atoms with van der Waals surface area (Å²) >= 11 is 0. The Morgan fingerprint density at radius 2 is 2.50 bits per heavy atom. The SMILES string of the molecule is Fc1cccnc1[C@H]1CO1. The van der Waals surface area contributed by atoms with E-state index in [0.29, 0.717) is 12.3 Å². The van der Waals surface area contributed by atoms with Crippen LogP contribution in [0.3, 0.4) is 0 Å². The smallest absolute Gasteiger partial charge is 0.147 e. The Hall–Kier alpha value is -0.960. The molecule has 1 aliphatic heterocycles. The number of halogens is 1. The molecule has 1 fully saturated rings. The van der Waals surface area contributed by atoms with E-state index >= 15 is 0 Å². The van der Waals surface area contributed by atoms with Gasteiger partial charge in [0.1, 0.15) is 17.6 Å². The van der Waals surface area contributed by atoms with Gasteiger partial charge in [-0.05, 0) is 12.1 Å². The van der Waals surface area contributed by atoms with Crippen LogP contribution in [0.15, 0.2) is 18.3 Å². The first kappa shape index (κ1) is 5.80. The van der Waals surface area contributed by atoms with E-state index in [9.17, 15) is 4.39 Å². The zero-order valence-electron chi connectivity index (χ0n) is 5.25. The zero-order chi connectivity index (χ0) is 6.97. The van der Waals surface area contributed by atoms with E-state index < -0.39 is 0 Å². The fraction of sp³-hybridized carbons (Fsp3) is 0.286. The lowest BCUT2D eigenvalue weighted by atomic mass is 10.3. The maximum atomic E-state index is 12.7. The Labute approximate surface area is 57.7 Å². The molecule has 1 aromatic rings. The van der Waals surface area contributed by atoms with Crippen LogP contribution in [0.25, 0.3) is 0 Å². The Balaban J connectivity index is 2.39. The summed E-state index contributed by atoms with van der Waals surface area (Å²) in [5.41, 5.74) is 0.433. The molecule has 0 spiro atoms. The van der Waals surface area contributed by atoms with Crippen LogP contribution in [0, 0.1) is 5.82 Å². The van der Waals surface area contributed by atoms with Gasteiger partial charge in [-0.3, -0.25) is 4.98 Å². The normalized spacial score (nSPS) is 22.7. The van der Waals surface area contributed by atoms with Gasteiger partial charge in [0, 0.05) is 6.20 Å². The first-order valence-corrected chi connectivity index (χ1v) is 3.10. The third-order valence-electron chi connectivity index (χ3n) is 1.43. The number of nitrogens with zero attached hydrogens (tertiary/aromatic N) is 1. The lowest BCUT2D eigenvalue weighted by Crippen LogP contribution is -1.90. The van der Waals surface area contributed by atoms with Gasteiger partial charge in [-0.25, -0.2) is 4.39 Å². The van der Waals surface area contributed by atoms with Crippen LogP contribution >= 0.6 is 0 Å². The van der Waals surface area contributed by atoms with Crippen molar-refractivity contribution in [3.05, 3.63) is 29.8 Å². The topological polar surface area (TPSA) is 25.4 Å². The summed E-state index contributed by atoms with van der Waals surface area (Å²) in [5, 5.41) is 0. The van der Waals surface area contributed by atoms with Crippen LogP contribution in [-0.2, 0) is 4.74 Å². The number of ether oxygens (including phenoxy) is 1. The third kappa shape index (κ3) is 0.885. The summed E-state index contributed by atoms with van der Waals surface area (Å²) < 4.78 is 17.6. The molecule has 0 amide bonds. The Bertz CT molecular complexity index is 247. The number of aromatic nitrogens is 1. The number of rotatable bonds is 1. The largest absolute Gasteiger partial charge is 0.366 e. The van der Waals surface area contributed by atoms with Crippen LogP contribution in [0.2, 0.25) is 0 Å². The highest BCUT2D eigenvalue weighted by Crippen LogP contribution is 2.29. The van der Waals surface area contributed by atoms with E-state index in [2.05, 4.69) is 4.98 Å². The molecule has 0 unspecified atom stereocenters. The molecule has 1 saturated heterocycles. The first-order chi connectivity index (χ1) is 4.88. The second-order valence-corrected chi connectivity index (χ2v) is 2.19. The van der Waals surface area contributed by atoms with Crippen molar-refractivity contribution in [2.24, 2.45) is 0 Å². The van der Waals surface area contributed by atoms with Crippen LogP contribution in [-0.4, -0.2) is 11.6 Å². The second-order valence-electron chi connectivity index (χ2n) is 2.19. The summed E-state index contributed by atoms with van der Waals surface area (Å²) in [4.78, 5) is 3.84. The number of pyridine rings is 1. The van der Waals surface area contributed by atoms with Crippen LogP contribution in [0.1, 0.15) is 11.8 Å². The fourth-order valence-electron chi connectivity index (χ4n) is 0.841. The molecule has 52 valence electrons. The molecular weight excluding hydrogens is 133 g/mol. The summed E-state index contributed by atoms with van der Waals surface area (Å²) in [7, 11) is 0. The molecule has 1 aromatic heterocycles. The van der Waals surface area contributed by atoms with Gasteiger partial charge in [-0.2, -0.15) is 0 Å². The third-order valence-corrected chi connectivity index (χ3v) is 1.43. The van der Waals surface area contributed by atoms with E-state index in [1.165, 1.54) is 6.07 Å². The predicted molar refractivity (Wildman–Crippen MR) is 32.9 cm³/mol. The Kier molecular flexibility index (Phi) is 1.17. The van der Waals surface area contributed by atoms with Crippen molar-refractivity contribution in [3.8, 4) is 0 Å². The van der Waals surface area contributed by atoms with Crippen molar-refractivity contribution in [1.29, 1.82) is 0 Å². The van der Waals surface area contributed by atoms with Crippen molar-refractivity contribution in [1.82, 2.24) is 4.98 Å². The van der Waals surface area contributed by atoms with Crippen LogP contribution < -0.4 is 0 Å². The van der Waals surface area contributed by atoms with E-state index in [0.717, 1.165) is 0 Å². The lowest BCUT2D eigenvalue weighted by molar-refractivity contribution is 0.402. The highest BCUT2D eigenvalue weighted by Gasteiger charge is 2.28. The molecule has 2 rings (SSSR count). The summed E-state index contributed by atoms with van der Waals surface area (Å²) in [5.74, 6) is -0.273. The lowest BCUT2D eigenvalue weighted by Gasteiger charge is -1.93. The molecule has 1 atom stereocenters. The van der Waals surface area contributed by atoms with Crippen molar-refractivity contribution in [2.75, 3.05) is 6.61 Å². The summed E-state index contributed by atoms with van der Waals surface area (Å²) in [6.45, 7) is 0.605. The van der Waals surface area contributed by atoms with Gasteiger partial charge in [-0.1, -0.05) is 0 Å².